The van der Waals surface area contributed by atoms with E-state index in [1.807, 2.05) is 18.2 Å². The van der Waals surface area contributed by atoms with E-state index in [0.717, 1.165) is 4.88 Å². The highest BCUT2D eigenvalue weighted by Crippen LogP contribution is 2.14. The SMILES string of the molecule is N#CCc1ccc(C#N)s1. The summed E-state index contributed by atoms with van der Waals surface area (Å²) in [6.45, 7) is 0. The van der Waals surface area contributed by atoms with Gasteiger partial charge >= 0.3 is 0 Å². The zero-order chi connectivity index (χ0) is 7.40. The molecule has 0 atom stereocenters. The minimum absolute atomic E-state index is 0.409. The van der Waals surface area contributed by atoms with E-state index in [1.165, 1.54) is 11.3 Å². The number of rotatable bonds is 1. The van der Waals surface area contributed by atoms with Gasteiger partial charge in [-0.3, -0.25) is 0 Å². The fraction of sp³-hybridized carbons (Fsp3) is 0.143. The first-order valence-corrected chi connectivity index (χ1v) is 3.54. The average molecular weight is 148 g/mol. The van der Waals surface area contributed by atoms with Gasteiger partial charge in [-0.2, -0.15) is 10.5 Å². The van der Waals surface area contributed by atoms with E-state index < -0.39 is 0 Å². The number of nitriles is 2. The van der Waals surface area contributed by atoms with Gasteiger partial charge in [0.2, 0.25) is 0 Å². The van der Waals surface area contributed by atoms with E-state index in [9.17, 15) is 0 Å². The lowest BCUT2D eigenvalue weighted by Gasteiger charge is -1.77. The van der Waals surface area contributed by atoms with Crippen molar-refractivity contribution in [3.05, 3.63) is 21.9 Å². The summed E-state index contributed by atoms with van der Waals surface area (Å²) in [5, 5.41) is 16.7. The molecule has 48 valence electrons. The summed E-state index contributed by atoms with van der Waals surface area (Å²) in [6, 6.07) is 7.58. The Balaban J connectivity index is 2.83. The van der Waals surface area contributed by atoms with E-state index in [2.05, 4.69) is 0 Å². The standard InChI is InChI=1S/C7H4N2S/c8-4-3-6-1-2-7(5-9)10-6/h1-2H,3H2. The third-order valence-electron chi connectivity index (χ3n) is 1.03. The molecule has 0 amide bonds. The topological polar surface area (TPSA) is 47.6 Å². The van der Waals surface area contributed by atoms with E-state index in [4.69, 9.17) is 10.5 Å². The van der Waals surface area contributed by atoms with Crippen LogP contribution in [0.4, 0.5) is 0 Å². The van der Waals surface area contributed by atoms with Crippen molar-refractivity contribution in [2.45, 2.75) is 6.42 Å². The van der Waals surface area contributed by atoms with Gasteiger partial charge < -0.3 is 0 Å². The molecule has 0 fully saturated rings. The Labute approximate surface area is 63.0 Å². The molecular formula is C7H4N2S. The second kappa shape index (κ2) is 3.00. The number of hydrogen-bond donors (Lipinski definition) is 0. The molecule has 1 rings (SSSR count). The lowest BCUT2D eigenvalue weighted by atomic mass is 10.4. The fourth-order valence-electron chi connectivity index (χ4n) is 0.611. The molecule has 0 radical (unpaired) electrons. The summed E-state index contributed by atoms with van der Waals surface area (Å²) in [7, 11) is 0. The van der Waals surface area contributed by atoms with Gasteiger partial charge in [0.25, 0.3) is 0 Å². The summed E-state index contributed by atoms with van der Waals surface area (Å²) in [4.78, 5) is 1.63. The molecule has 1 aromatic heterocycles. The molecule has 0 aliphatic heterocycles. The third kappa shape index (κ3) is 1.34. The first kappa shape index (κ1) is 6.80. The quantitative estimate of drug-likeness (QED) is 0.608. The van der Waals surface area contributed by atoms with Crippen LogP contribution in [0.2, 0.25) is 0 Å². The van der Waals surface area contributed by atoms with Crippen LogP contribution in [0.15, 0.2) is 12.1 Å². The molecule has 0 unspecified atom stereocenters. The van der Waals surface area contributed by atoms with Crippen molar-refractivity contribution in [2.24, 2.45) is 0 Å². The lowest BCUT2D eigenvalue weighted by Crippen LogP contribution is -1.68. The summed E-state index contributed by atoms with van der Waals surface area (Å²) in [5.41, 5.74) is 0. The van der Waals surface area contributed by atoms with Crippen LogP contribution in [0.25, 0.3) is 0 Å². The molecule has 1 aromatic rings. The van der Waals surface area contributed by atoms with Gasteiger partial charge in [0.05, 0.1) is 12.5 Å². The highest BCUT2D eigenvalue weighted by atomic mass is 32.1. The summed E-state index contributed by atoms with van der Waals surface area (Å²) in [5.74, 6) is 0. The van der Waals surface area contributed by atoms with Gasteiger partial charge in [-0.05, 0) is 12.1 Å². The Morgan fingerprint density at radius 2 is 2.20 bits per heavy atom. The first-order chi connectivity index (χ1) is 4.86. The second-order valence-corrected chi connectivity index (χ2v) is 2.88. The molecule has 0 aliphatic carbocycles. The van der Waals surface area contributed by atoms with Crippen molar-refractivity contribution in [3.63, 3.8) is 0 Å². The molecule has 0 aromatic carbocycles. The van der Waals surface area contributed by atoms with E-state index >= 15 is 0 Å². The Kier molecular flexibility index (Phi) is 2.04. The van der Waals surface area contributed by atoms with Crippen molar-refractivity contribution < 1.29 is 0 Å². The highest BCUT2D eigenvalue weighted by molar-refractivity contribution is 7.12. The first-order valence-electron chi connectivity index (χ1n) is 2.72. The zero-order valence-corrected chi connectivity index (χ0v) is 5.98. The van der Waals surface area contributed by atoms with Gasteiger partial charge in [-0.1, -0.05) is 0 Å². The monoisotopic (exact) mass is 148 g/mol. The van der Waals surface area contributed by atoms with E-state index in [0.29, 0.717) is 11.3 Å². The maximum absolute atomic E-state index is 8.40. The molecule has 3 heteroatoms. The van der Waals surface area contributed by atoms with Crippen LogP contribution in [0.1, 0.15) is 9.75 Å². The van der Waals surface area contributed by atoms with Crippen molar-refractivity contribution in [1.29, 1.82) is 10.5 Å². The number of thiophene rings is 1. The van der Waals surface area contributed by atoms with Crippen molar-refractivity contribution in [2.75, 3.05) is 0 Å². The fourth-order valence-corrected chi connectivity index (χ4v) is 1.35. The Morgan fingerprint density at radius 3 is 2.70 bits per heavy atom. The Bertz CT molecular complexity index is 300. The minimum atomic E-state index is 0.409. The van der Waals surface area contributed by atoms with Crippen molar-refractivity contribution >= 4 is 11.3 Å². The van der Waals surface area contributed by atoms with Gasteiger partial charge in [-0.15, -0.1) is 11.3 Å². The normalized spacial score (nSPS) is 8.20. The van der Waals surface area contributed by atoms with Crippen LogP contribution in [-0.2, 0) is 6.42 Å². The van der Waals surface area contributed by atoms with Gasteiger partial charge in [0.1, 0.15) is 10.9 Å². The van der Waals surface area contributed by atoms with Crippen LogP contribution in [0.3, 0.4) is 0 Å². The molecular weight excluding hydrogens is 144 g/mol. The van der Waals surface area contributed by atoms with Crippen LogP contribution in [0, 0.1) is 22.7 Å². The maximum Gasteiger partial charge on any atom is 0.110 e. The summed E-state index contributed by atoms with van der Waals surface area (Å²) >= 11 is 1.37. The predicted molar refractivity (Wildman–Crippen MR) is 38.4 cm³/mol. The van der Waals surface area contributed by atoms with Crippen LogP contribution < -0.4 is 0 Å². The van der Waals surface area contributed by atoms with Gasteiger partial charge in [-0.25, -0.2) is 0 Å². The molecule has 0 aliphatic rings. The second-order valence-electron chi connectivity index (χ2n) is 1.71. The molecule has 1 heterocycles. The van der Waals surface area contributed by atoms with Crippen LogP contribution >= 0.6 is 11.3 Å². The van der Waals surface area contributed by atoms with E-state index in [-0.39, 0.29) is 0 Å². The third-order valence-corrected chi connectivity index (χ3v) is 2.02. The van der Waals surface area contributed by atoms with Crippen LogP contribution in [0.5, 0.6) is 0 Å². The molecule has 0 spiro atoms. The van der Waals surface area contributed by atoms with Crippen molar-refractivity contribution in [1.82, 2.24) is 0 Å². The average Bonchev–Trinajstić information content (AvgIpc) is 2.37. The van der Waals surface area contributed by atoms with Gasteiger partial charge in [0.15, 0.2) is 0 Å². The Morgan fingerprint density at radius 1 is 1.40 bits per heavy atom. The van der Waals surface area contributed by atoms with Gasteiger partial charge in [0, 0.05) is 4.88 Å². The van der Waals surface area contributed by atoms with E-state index in [1.54, 1.807) is 6.07 Å². The van der Waals surface area contributed by atoms with Crippen LogP contribution in [-0.4, -0.2) is 0 Å². The summed E-state index contributed by atoms with van der Waals surface area (Å²) < 4.78 is 0. The predicted octanol–water partition coefficient (Wildman–Crippen LogP) is 1.69. The molecule has 0 bridgehead atoms. The smallest absolute Gasteiger partial charge is 0.110 e. The van der Waals surface area contributed by atoms with Crippen molar-refractivity contribution in [3.8, 4) is 12.1 Å². The Hall–Kier alpha value is -1.32. The largest absolute Gasteiger partial charge is 0.198 e. The molecule has 0 N–H and O–H groups in total. The maximum atomic E-state index is 8.40. The molecule has 0 saturated heterocycles. The molecule has 2 nitrogen and oxygen atoms in total. The highest BCUT2D eigenvalue weighted by Gasteiger charge is 1.96. The molecule has 10 heavy (non-hydrogen) atoms. The lowest BCUT2D eigenvalue weighted by molar-refractivity contribution is 1.32. The number of hydrogen-bond acceptors (Lipinski definition) is 3. The minimum Gasteiger partial charge on any atom is -0.198 e. The number of nitrogens with zero attached hydrogens (tertiary/aromatic N) is 2. The zero-order valence-electron chi connectivity index (χ0n) is 5.16. The summed E-state index contributed by atoms with van der Waals surface area (Å²) in [6.07, 6.45) is 0.409. The molecule has 0 saturated carbocycles.